The molecule has 1 atom stereocenters. The van der Waals surface area contributed by atoms with E-state index in [9.17, 15) is 14.4 Å². The van der Waals surface area contributed by atoms with E-state index in [0.717, 1.165) is 16.7 Å². The molecule has 0 aliphatic carbocycles. The van der Waals surface area contributed by atoms with Gasteiger partial charge in [0.05, 0.1) is 0 Å². The summed E-state index contributed by atoms with van der Waals surface area (Å²) in [4.78, 5) is 35.6. The van der Waals surface area contributed by atoms with Crippen molar-refractivity contribution < 1.29 is 24.6 Å². The molecule has 1 saturated heterocycles. The molecule has 1 unspecified atom stereocenters. The smallest absolute Gasteiger partial charge is 0.408 e. The fraction of sp³-hybridized carbons (Fsp3) is 0.357. The zero-order valence-corrected chi connectivity index (χ0v) is 11.3. The molecule has 0 radical (unpaired) electrons. The molecule has 21 heavy (non-hydrogen) atoms. The molecule has 7 heteroatoms. The molecular weight excluding hydrogens is 276 g/mol. The molecule has 1 aromatic carbocycles. The molecule has 0 bridgehead atoms. The lowest BCUT2D eigenvalue weighted by atomic mass is 10.1. The van der Waals surface area contributed by atoms with Gasteiger partial charge in [-0.1, -0.05) is 24.3 Å². The van der Waals surface area contributed by atoms with Gasteiger partial charge < -0.3 is 10.2 Å². The first-order chi connectivity index (χ1) is 10.0. The van der Waals surface area contributed by atoms with Gasteiger partial charge in [-0.25, -0.2) is 9.59 Å². The summed E-state index contributed by atoms with van der Waals surface area (Å²) in [6.45, 7) is 1.32. The van der Waals surface area contributed by atoms with Crippen LogP contribution in [0.4, 0.5) is 4.79 Å². The van der Waals surface area contributed by atoms with Crippen molar-refractivity contribution in [3.63, 3.8) is 0 Å². The van der Waals surface area contributed by atoms with Crippen LogP contribution in [0.3, 0.4) is 0 Å². The predicted octanol–water partition coefficient (Wildman–Crippen LogP) is 0.748. The summed E-state index contributed by atoms with van der Waals surface area (Å²) in [5.74, 6) is -1.14. The summed E-state index contributed by atoms with van der Waals surface area (Å²) in [7, 11) is 0. The highest BCUT2D eigenvalue weighted by Gasteiger charge is 2.35. The molecule has 0 spiro atoms. The third-order valence-corrected chi connectivity index (χ3v) is 3.52. The summed E-state index contributed by atoms with van der Waals surface area (Å²) >= 11 is 0. The van der Waals surface area contributed by atoms with E-state index in [1.54, 1.807) is 12.1 Å². The van der Waals surface area contributed by atoms with Crippen LogP contribution in [-0.2, 0) is 11.3 Å². The van der Waals surface area contributed by atoms with Crippen LogP contribution < -0.4 is 0 Å². The van der Waals surface area contributed by atoms with Crippen LogP contribution in [-0.4, -0.2) is 64.0 Å². The highest BCUT2D eigenvalue weighted by atomic mass is 16.4. The monoisotopic (exact) mass is 292 g/mol. The number of carbonyl (C=O) groups is 3. The van der Waals surface area contributed by atoms with Crippen molar-refractivity contribution in [2.75, 3.05) is 19.6 Å². The predicted molar refractivity (Wildman–Crippen MR) is 73.3 cm³/mol. The van der Waals surface area contributed by atoms with E-state index in [2.05, 4.69) is 0 Å². The molecule has 0 aromatic heterocycles. The van der Waals surface area contributed by atoms with Gasteiger partial charge >= 0.3 is 12.1 Å². The number of benzene rings is 1. The number of amides is 1. The second-order valence-corrected chi connectivity index (χ2v) is 4.92. The molecule has 112 valence electrons. The number of rotatable bonds is 4. The number of aliphatic carboxylic acids is 1. The maximum absolute atomic E-state index is 11.2. The first-order valence-electron chi connectivity index (χ1n) is 6.50. The van der Waals surface area contributed by atoms with Crippen LogP contribution in [0.25, 0.3) is 0 Å². The second-order valence-electron chi connectivity index (χ2n) is 4.92. The Morgan fingerprint density at radius 3 is 2.38 bits per heavy atom. The van der Waals surface area contributed by atoms with E-state index in [0.29, 0.717) is 18.7 Å². The molecule has 1 aliphatic heterocycles. The van der Waals surface area contributed by atoms with E-state index in [-0.39, 0.29) is 13.1 Å². The minimum atomic E-state index is -1.21. The van der Waals surface area contributed by atoms with Crippen molar-refractivity contribution in [3.05, 3.63) is 35.4 Å². The van der Waals surface area contributed by atoms with Gasteiger partial charge in [0.25, 0.3) is 0 Å². The van der Waals surface area contributed by atoms with Crippen molar-refractivity contribution in [1.29, 1.82) is 0 Å². The summed E-state index contributed by atoms with van der Waals surface area (Å²) in [5.41, 5.74) is 1.53. The van der Waals surface area contributed by atoms with Gasteiger partial charge in [-0.05, 0) is 5.56 Å². The first-order valence-corrected chi connectivity index (χ1v) is 6.50. The lowest BCUT2D eigenvalue weighted by Gasteiger charge is -2.37. The SMILES string of the molecule is O=Cc1ccc(CN2CCN(C(=O)O)C(C(=O)O)C2)cc1. The Labute approximate surface area is 121 Å². The number of carboxylic acids is 1. The van der Waals surface area contributed by atoms with Crippen molar-refractivity contribution in [3.8, 4) is 0 Å². The topological polar surface area (TPSA) is 98.2 Å². The van der Waals surface area contributed by atoms with E-state index in [1.807, 2.05) is 17.0 Å². The highest BCUT2D eigenvalue weighted by molar-refractivity contribution is 5.79. The van der Waals surface area contributed by atoms with E-state index in [4.69, 9.17) is 10.2 Å². The Hall–Kier alpha value is -2.41. The molecular formula is C14H16N2O5. The number of hydrogen-bond donors (Lipinski definition) is 2. The zero-order chi connectivity index (χ0) is 15.4. The van der Waals surface area contributed by atoms with Gasteiger partial charge in [-0.2, -0.15) is 0 Å². The minimum absolute atomic E-state index is 0.150. The summed E-state index contributed by atoms with van der Waals surface area (Å²) in [6, 6.07) is 5.96. The summed E-state index contributed by atoms with van der Waals surface area (Å²) in [6.07, 6.45) is -0.451. The van der Waals surface area contributed by atoms with E-state index < -0.39 is 18.1 Å². The van der Waals surface area contributed by atoms with Crippen molar-refractivity contribution in [1.82, 2.24) is 9.80 Å². The number of piperazine rings is 1. The van der Waals surface area contributed by atoms with E-state index in [1.165, 1.54) is 0 Å². The maximum Gasteiger partial charge on any atom is 0.408 e. The average molecular weight is 292 g/mol. The van der Waals surface area contributed by atoms with Gasteiger partial charge in [0.1, 0.15) is 12.3 Å². The number of hydrogen-bond acceptors (Lipinski definition) is 4. The van der Waals surface area contributed by atoms with Crippen LogP contribution in [0.15, 0.2) is 24.3 Å². The molecule has 0 saturated carbocycles. The van der Waals surface area contributed by atoms with Gasteiger partial charge in [0.15, 0.2) is 0 Å². The standard InChI is InChI=1S/C14H16N2O5/c17-9-11-3-1-10(2-4-11)7-15-5-6-16(14(20)21)12(8-15)13(18)19/h1-4,9,12H,5-8H2,(H,18,19)(H,20,21). The van der Waals surface area contributed by atoms with Crippen LogP contribution in [0.1, 0.15) is 15.9 Å². The maximum atomic E-state index is 11.2. The minimum Gasteiger partial charge on any atom is -0.480 e. The highest BCUT2D eigenvalue weighted by Crippen LogP contribution is 2.14. The summed E-state index contributed by atoms with van der Waals surface area (Å²) in [5, 5.41) is 18.1. The lowest BCUT2D eigenvalue weighted by molar-refractivity contribution is -0.145. The Kier molecular flexibility index (Phi) is 4.54. The van der Waals surface area contributed by atoms with Crippen LogP contribution in [0, 0.1) is 0 Å². The van der Waals surface area contributed by atoms with Gasteiger partial charge in [0.2, 0.25) is 0 Å². The van der Waals surface area contributed by atoms with Gasteiger partial charge in [0, 0.05) is 31.7 Å². The zero-order valence-electron chi connectivity index (χ0n) is 11.3. The number of carbonyl (C=O) groups excluding carboxylic acids is 1. The molecule has 2 rings (SSSR count). The van der Waals surface area contributed by atoms with Crippen LogP contribution >= 0.6 is 0 Å². The molecule has 1 aromatic rings. The summed E-state index contributed by atoms with van der Waals surface area (Å²) < 4.78 is 0. The van der Waals surface area contributed by atoms with Crippen LogP contribution in [0.2, 0.25) is 0 Å². The van der Waals surface area contributed by atoms with Crippen molar-refractivity contribution in [2.24, 2.45) is 0 Å². The second kappa shape index (κ2) is 6.36. The Bertz CT molecular complexity index is 543. The number of carboxylic acid groups (broad SMARTS) is 2. The molecule has 1 aliphatic rings. The van der Waals surface area contributed by atoms with Gasteiger partial charge in [-0.15, -0.1) is 0 Å². The first kappa shape index (κ1) is 15.0. The molecule has 7 nitrogen and oxygen atoms in total. The molecule has 1 fully saturated rings. The van der Waals surface area contributed by atoms with Crippen LogP contribution in [0.5, 0.6) is 0 Å². The quantitative estimate of drug-likeness (QED) is 0.795. The average Bonchev–Trinajstić information content (AvgIpc) is 2.47. The lowest BCUT2D eigenvalue weighted by Crippen LogP contribution is -2.57. The Morgan fingerprint density at radius 2 is 1.86 bits per heavy atom. The third kappa shape index (κ3) is 3.57. The molecule has 2 N–H and O–H groups in total. The number of aldehydes is 1. The molecule has 1 heterocycles. The van der Waals surface area contributed by atoms with Crippen molar-refractivity contribution >= 4 is 18.3 Å². The fourth-order valence-electron chi connectivity index (χ4n) is 2.38. The largest absolute Gasteiger partial charge is 0.480 e. The Balaban J connectivity index is 2.03. The Morgan fingerprint density at radius 1 is 1.19 bits per heavy atom. The third-order valence-electron chi connectivity index (χ3n) is 3.52. The molecule has 1 amide bonds. The van der Waals surface area contributed by atoms with E-state index >= 15 is 0 Å². The fourth-order valence-corrected chi connectivity index (χ4v) is 2.38. The van der Waals surface area contributed by atoms with Gasteiger partial charge in [-0.3, -0.25) is 14.6 Å². The number of nitrogens with zero attached hydrogens (tertiary/aromatic N) is 2. The van der Waals surface area contributed by atoms with Crippen molar-refractivity contribution in [2.45, 2.75) is 12.6 Å². The normalized spacial score (nSPS) is 19.2.